The lowest BCUT2D eigenvalue weighted by Crippen LogP contribution is -2.28. The number of thioether (sulfide) groups is 1. The van der Waals surface area contributed by atoms with Crippen LogP contribution in [0.5, 0.6) is 5.75 Å². The standard InChI is InChI=1S/C19H21NO4S/c1-3-25-17-7-5-4-6-16(17)19(22)24-13-18(21)20-12-14-8-10-15(23-2)11-9-14/h4-11H,3,12-13H2,1-2H3,(H,20,21). The van der Waals surface area contributed by atoms with Crippen LogP contribution in [0.3, 0.4) is 0 Å². The van der Waals surface area contributed by atoms with Gasteiger partial charge in [0.1, 0.15) is 5.75 Å². The molecule has 6 heteroatoms. The third-order valence-corrected chi connectivity index (χ3v) is 4.35. The summed E-state index contributed by atoms with van der Waals surface area (Å²) >= 11 is 1.56. The molecule has 132 valence electrons. The number of methoxy groups -OCH3 is 1. The number of carbonyl (C=O) groups excluding carboxylic acids is 2. The van der Waals surface area contributed by atoms with Crippen molar-refractivity contribution in [3.05, 3.63) is 59.7 Å². The van der Waals surface area contributed by atoms with Gasteiger partial charge in [0.25, 0.3) is 5.91 Å². The second-order valence-corrected chi connectivity index (χ2v) is 6.44. The monoisotopic (exact) mass is 359 g/mol. The summed E-state index contributed by atoms with van der Waals surface area (Å²) in [5, 5.41) is 2.72. The van der Waals surface area contributed by atoms with Gasteiger partial charge in [-0.25, -0.2) is 4.79 Å². The van der Waals surface area contributed by atoms with Crippen molar-refractivity contribution < 1.29 is 19.1 Å². The second-order valence-electron chi connectivity index (χ2n) is 5.13. The van der Waals surface area contributed by atoms with E-state index in [1.54, 1.807) is 31.0 Å². The number of nitrogens with one attached hydrogen (secondary N) is 1. The molecule has 1 N–H and O–H groups in total. The Morgan fingerprint density at radius 3 is 2.48 bits per heavy atom. The molecule has 1 amide bonds. The summed E-state index contributed by atoms with van der Waals surface area (Å²) < 4.78 is 10.2. The van der Waals surface area contributed by atoms with Gasteiger partial charge < -0.3 is 14.8 Å². The predicted molar refractivity (Wildman–Crippen MR) is 98.0 cm³/mol. The van der Waals surface area contributed by atoms with E-state index in [4.69, 9.17) is 9.47 Å². The molecule has 0 aromatic heterocycles. The second kappa shape index (κ2) is 9.74. The molecular weight excluding hydrogens is 338 g/mol. The Hall–Kier alpha value is -2.47. The van der Waals surface area contributed by atoms with Crippen LogP contribution in [0.1, 0.15) is 22.8 Å². The Kier molecular flexibility index (Phi) is 7.35. The van der Waals surface area contributed by atoms with E-state index in [1.165, 1.54) is 0 Å². The summed E-state index contributed by atoms with van der Waals surface area (Å²) in [5.74, 6) is 0.778. The Bertz CT molecular complexity index is 716. The highest BCUT2D eigenvalue weighted by atomic mass is 32.2. The zero-order chi connectivity index (χ0) is 18.1. The molecule has 0 saturated carbocycles. The van der Waals surface area contributed by atoms with Gasteiger partial charge in [-0.15, -0.1) is 11.8 Å². The number of ether oxygens (including phenoxy) is 2. The summed E-state index contributed by atoms with van der Waals surface area (Å²) in [6.45, 7) is 2.07. The summed E-state index contributed by atoms with van der Waals surface area (Å²) in [6, 6.07) is 14.6. The third-order valence-electron chi connectivity index (χ3n) is 3.39. The number of amides is 1. The van der Waals surface area contributed by atoms with Crippen LogP contribution in [0.15, 0.2) is 53.4 Å². The summed E-state index contributed by atoms with van der Waals surface area (Å²) in [6.07, 6.45) is 0. The number of hydrogen-bond acceptors (Lipinski definition) is 5. The molecule has 5 nitrogen and oxygen atoms in total. The Morgan fingerprint density at radius 1 is 1.08 bits per heavy atom. The predicted octanol–water partition coefficient (Wildman–Crippen LogP) is 3.28. The third kappa shape index (κ3) is 5.83. The van der Waals surface area contributed by atoms with Crippen LogP contribution in [-0.2, 0) is 16.1 Å². The van der Waals surface area contributed by atoms with Crippen LogP contribution in [0.2, 0.25) is 0 Å². The van der Waals surface area contributed by atoms with Crippen molar-refractivity contribution >= 4 is 23.6 Å². The van der Waals surface area contributed by atoms with E-state index in [0.29, 0.717) is 12.1 Å². The molecule has 0 aliphatic rings. The average molecular weight is 359 g/mol. The quantitative estimate of drug-likeness (QED) is 0.579. The maximum absolute atomic E-state index is 12.2. The van der Waals surface area contributed by atoms with E-state index >= 15 is 0 Å². The summed E-state index contributed by atoms with van der Waals surface area (Å²) in [5.41, 5.74) is 1.42. The Labute approximate surface area is 151 Å². The maximum Gasteiger partial charge on any atom is 0.339 e. The molecule has 0 heterocycles. The van der Waals surface area contributed by atoms with Gasteiger partial charge in [-0.1, -0.05) is 31.2 Å². The van der Waals surface area contributed by atoms with Crippen molar-refractivity contribution in [2.24, 2.45) is 0 Å². The van der Waals surface area contributed by atoms with Gasteiger partial charge in [0.2, 0.25) is 0 Å². The van der Waals surface area contributed by atoms with E-state index in [-0.39, 0.29) is 12.5 Å². The minimum absolute atomic E-state index is 0.305. The number of hydrogen-bond donors (Lipinski definition) is 1. The van der Waals surface area contributed by atoms with E-state index in [2.05, 4.69) is 5.32 Å². The maximum atomic E-state index is 12.2. The smallest absolute Gasteiger partial charge is 0.339 e. The average Bonchev–Trinajstić information content (AvgIpc) is 2.65. The van der Waals surface area contributed by atoms with Crippen LogP contribution in [0.4, 0.5) is 0 Å². The van der Waals surface area contributed by atoms with E-state index < -0.39 is 5.97 Å². The van der Waals surface area contributed by atoms with Crippen LogP contribution in [0.25, 0.3) is 0 Å². The number of benzene rings is 2. The van der Waals surface area contributed by atoms with E-state index in [9.17, 15) is 9.59 Å². The lowest BCUT2D eigenvalue weighted by atomic mass is 10.2. The molecule has 0 bridgehead atoms. The number of esters is 1. The summed E-state index contributed by atoms with van der Waals surface area (Å²) in [7, 11) is 1.60. The molecule has 2 aromatic rings. The lowest BCUT2D eigenvalue weighted by Gasteiger charge is -2.09. The van der Waals surface area contributed by atoms with Crippen LogP contribution < -0.4 is 10.1 Å². The first kappa shape index (κ1) is 18.9. The molecule has 25 heavy (non-hydrogen) atoms. The van der Waals surface area contributed by atoms with Crippen LogP contribution >= 0.6 is 11.8 Å². The first-order valence-electron chi connectivity index (χ1n) is 7.92. The van der Waals surface area contributed by atoms with Gasteiger partial charge in [-0.3, -0.25) is 4.79 Å². The highest BCUT2D eigenvalue weighted by molar-refractivity contribution is 7.99. The van der Waals surface area contributed by atoms with Gasteiger partial charge >= 0.3 is 5.97 Å². The zero-order valence-corrected chi connectivity index (χ0v) is 15.1. The van der Waals surface area contributed by atoms with Crippen molar-refractivity contribution in [2.45, 2.75) is 18.4 Å². The van der Waals surface area contributed by atoms with E-state index in [1.807, 2.05) is 43.3 Å². The van der Waals surface area contributed by atoms with Crippen molar-refractivity contribution in [1.82, 2.24) is 5.32 Å². The molecule has 0 fully saturated rings. The van der Waals surface area contributed by atoms with Crippen molar-refractivity contribution in [2.75, 3.05) is 19.5 Å². The lowest BCUT2D eigenvalue weighted by molar-refractivity contribution is -0.124. The summed E-state index contributed by atoms with van der Waals surface area (Å²) in [4.78, 5) is 24.9. The topological polar surface area (TPSA) is 64.6 Å². The Balaban J connectivity index is 1.82. The van der Waals surface area contributed by atoms with Gasteiger partial charge in [0.15, 0.2) is 6.61 Å². The van der Waals surface area contributed by atoms with E-state index in [0.717, 1.165) is 22.0 Å². The fourth-order valence-electron chi connectivity index (χ4n) is 2.12. The molecule has 0 atom stereocenters. The van der Waals surface area contributed by atoms with Crippen LogP contribution in [0, 0.1) is 0 Å². The molecule has 0 saturated heterocycles. The SMILES string of the molecule is CCSc1ccccc1C(=O)OCC(=O)NCc1ccc(OC)cc1. The molecule has 0 radical (unpaired) electrons. The number of carbonyl (C=O) groups is 2. The normalized spacial score (nSPS) is 10.2. The highest BCUT2D eigenvalue weighted by Gasteiger charge is 2.14. The Morgan fingerprint density at radius 2 is 1.80 bits per heavy atom. The minimum Gasteiger partial charge on any atom is -0.497 e. The van der Waals surface area contributed by atoms with Gasteiger partial charge in [-0.2, -0.15) is 0 Å². The fraction of sp³-hybridized carbons (Fsp3) is 0.263. The molecule has 0 aliphatic carbocycles. The molecular formula is C19H21NO4S. The molecule has 2 aromatic carbocycles. The fourth-order valence-corrected chi connectivity index (χ4v) is 2.91. The molecule has 0 spiro atoms. The first-order chi connectivity index (χ1) is 12.1. The van der Waals surface area contributed by atoms with Crippen molar-refractivity contribution in [1.29, 1.82) is 0 Å². The van der Waals surface area contributed by atoms with Gasteiger partial charge in [-0.05, 0) is 35.6 Å². The van der Waals surface area contributed by atoms with Crippen LogP contribution in [-0.4, -0.2) is 31.3 Å². The van der Waals surface area contributed by atoms with Crippen molar-refractivity contribution in [3.8, 4) is 5.75 Å². The first-order valence-corrected chi connectivity index (χ1v) is 8.91. The molecule has 0 aliphatic heterocycles. The largest absolute Gasteiger partial charge is 0.497 e. The molecule has 0 unspecified atom stereocenters. The minimum atomic E-state index is -0.490. The van der Waals surface area contributed by atoms with Crippen molar-refractivity contribution in [3.63, 3.8) is 0 Å². The number of rotatable bonds is 8. The molecule has 2 rings (SSSR count). The zero-order valence-electron chi connectivity index (χ0n) is 14.3. The van der Waals surface area contributed by atoms with Gasteiger partial charge in [0, 0.05) is 11.4 Å². The highest BCUT2D eigenvalue weighted by Crippen LogP contribution is 2.22. The van der Waals surface area contributed by atoms with Gasteiger partial charge in [0.05, 0.1) is 12.7 Å².